The van der Waals surface area contributed by atoms with E-state index in [0.29, 0.717) is 0 Å². The average Bonchev–Trinajstić information content (AvgIpc) is 3.02. The highest BCUT2D eigenvalue weighted by atomic mass is 16.2. The van der Waals surface area contributed by atoms with Gasteiger partial charge in [-0.1, -0.05) is 6.07 Å². The van der Waals surface area contributed by atoms with Gasteiger partial charge in [-0.25, -0.2) is 0 Å². The minimum Gasteiger partial charge on any atom is -0.296 e. The SMILES string of the molecule is Cc1cc(N2CC[C@H](N(C)Cc3cccnc3)C2=O)n(C)n1. The van der Waals surface area contributed by atoms with Gasteiger partial charge in [0.1, 0.15) is 5.82 Å². The van der Waals surface area contributed by atoms with Crippen molar-refractivity contribution in [2.45, 2.75) is 25.9 Å². The lowest BCUT2D eigenvalue weighted by Crippen LogP contribution is -2.39. The van der Waals surface area contributed by atoms with E-state index in [-0.39, 0.29) is 11.9 Å². The Morgan fingerprint density at radius 2 is 2.27 bits per heavy atom. The lowest BCUT2D eigenvalue weighted by atomic mass is 10.2. The predicted molar refractivity (Wildman–Crippen MR) is 84.4 cm³/mol. The fourth-order valence-corrected chi connectivity index (χ4v) is 3.04. The monoisotopic (exact) mass is 299 g/mol. The number of carbonyl (C=O) groups is 1. The number of hydrogen-bond acceptors (Lipinski definition) is 4. The van der Waals surface area contributed by atoms with E-state index in [2.05, 4.69) is 15.0 Å². The molecular formula is C16H21N5O. The molecule has 0 radical (unpaired) electrons. The van der Waals surface area contributed by atoms with Crippen molar-refractivity contribution in [1.82, 2.24) is 19.7 Å². The molecule has 1 amide bonds. The zero-order valence-corrected chi connectivity index (χ0v) is 13.2. The van der Waals surface area contributed by atoms with Gasteiger partial charge in [0.05, 0.1) is 11.7 Å². The third kappa shape index (κ3) is 2.74. The fourth-order valence-electron chi connectivity index (χ4n) is 3.04. The Labute approximate surface area is 130 Å². The summed E-state index contributed by atoms with van der Waals surface area (Å²) in [5.41, 5.74) is 2.05. The van der Waals surface area contributed by atoms with E-state index in [1.807, 2.05) is 50.3 Å². The molecule has 3 rings (SSSR count). The Morgan fingerprint density at radius 1 is 1.45 bits per heavy atom. The molecule has 116 valence electrons. The molecule has 0 aliphatic carbocycles. The van der Waals surface area contributed by atoms with Crippen LogP contribution in [-0.2, 0) is 18.4 Å². The molecule has 0 aromatic carbocycles. The van der Waals surface area contributed by atoms with Crippen LogP contribution in [0.2, 0.25) is 0 Å². The van der Waals surface area contributed by atoms with Crippen molar-refractivity contribution < 1.29 is 4.79 Å². The molecule has 6 nitrogen and oxygen atoms in total. The molecular weight excluding hydrogens is 278 g/mol. The van der Waals surface area contributed by atoms with Crippen molar-refractivity contribution in [2.75, 3.05) is 18.5 Å². The van der Waals surface area contributed by atoms with Crippen LogP contribution >= 0.6 is 0 Å². The smallest absolute Gasteiger partial charge is 0.245 e. The number of hydrogen-bond donors (Lipinski definition) is 0. The third-order valence-corrected chi connectivity index (χ3v) is 4.12. The van der Waals surface area contributed by atoms with Crippen molar-refractivity contribution in [3.05, 3.63) is 41.9 Å². The van der Waals surface area contributed by atoms with Crippen molar-refractivity contribution in [2.24, 2.45) is 7.05 Å². The number of anilines is 1. The van der Waals surface area contributed by atoms with Gasteiger partial charge in [0.2, 0.25) is 5.91 Å². The van der Waals surface area contributed by atoms with Gasteiger partial charge >= 0.3 is 0 Å². The summed E-state index contributed by atoms with van der Waals surface area (Å²) in [4.78, 5) is 20.8. The first-order valence-corrected chi connectivity index (χ1v) is 7.47. The van der Waals surface area contributed by atoms with Crippen molar-refractivity contribution >= 4 is 11.7 Å². The molecule has 1 fully saturated rings. The van der Waals surface area contributed by atoms with Crippen molar-refractivity contribution in [1.29, 1.82) is 0 Å². The van der Waals surface area contributed by atoms with Crippen molar-refractivity contribution in [3.8, 4) is 0 Å². The van der Waals surface area contributed by atoms with Crippen LogP contribution < -0.4 is 4.90 Å². The molecule has 3 heterocycles. The summed E-state index contributed by atoms with van der Waals surface area (Å²) in [6.45, 7) is 3.40. The second-order valence-corrected chi connectivity index (χ2v) is 5.84. The topological polar surface area (TPSA) is 54.3 Å². The number of likely N-dealkylation sites (N-methyl/N-ethyl adjacent to an activating group) is 1. The van der Waals surface area contributed by atoms with Crippen LogP contribution in [0, 0.1) is 6.92 Å². The Hall–Kier alpha value is -2.21. The van der Waals surface area contributed by atoms with E-state index in [9.17, 15) is 4.79 Å². The first kappa shape index (κ1) is 14.7. The highest BCUT2D eigenvalue weighted by Crippen LogP contribution is 2.24. The molecule has 1 aliphatic heterocycles. The number of nitrogens with zero attached hydrogens (tertiary/aromatic N) is 5. The number of carbonyl (C=O) groups excluding carboxylic acids is 1. The molecule has 2 aromatic rings. The van der Waals surface area contributed by atoms with Crippen LogP contribution in [0.15, 0.2) is 30.6 Å². The molecule has 22 heavy (non-hydrogen) atoms. The molecule has 0 spiro atoms. The Balaban J connectivity index is 1.72. The Morgan fingerprint density at radius 3 is 2.91 bits per heavy atom. The quantitative estimate of drug-likeness (QED) is 0.855. The number of aromatic nitrogens is 3. The maximum absolute atomic E-state index is 12.7. The van der Waals surface area contributed by atoms with Crippen LogP contribution in [-0.4, -0.2) is 45.2 Å². The van der Waals surface area contributed by atoms with E-state index < -0.39 is 0 Å². The van der Waals surface area contributed by atoms with Gasteiger partial charge < -0.3 is 0 Å². The standard InChI is InChI=1S/C16H21N5O/c1-12-9-15(20(3)18-12)21-8-6-14(16(21)22)19(2)11-13-5-4-7-17-10-13/h4-5,7,9-10,14H,6,8,11H2,1-3H3/t14-/m0/s1. The second kappa shape index (κ2) is 5.88. The summed E-state index contributed by atoms with van der Waals surface area (Å²) in [6.07, 6.45) is 4.44. The minimum absolute atomic E-state index is 0.0876. The van der Waals surface area contributed by atoms with E-state index in [1.165, 1.54) is 0 Å². The van der Waals surface area contributed by atoms with Crippen LogP contribution in [0.5, 0.6) is 0 Å². The Kier molecular flexibility index (Phi) is 3.94. The maximum Gasteiger partial charge on any atom is 0.245 e. The molecule has 0 unspecified atom stereocenters. The summed E-state index contributed by atoms with van der Waals surface area (Å²) in [6, 6.07) is 5.83. The first-order valence-electron chi connectivity index (χ1n) is 7.47. The van der Waals surface area contributed by atoms with Gasteiger partial charge in [-0.2, -0.15) is 5.10 Å². The van der Waals surface area contributed by atoms with Crippen LogP contribution in [0.1, 0.15) is 17.7 Å². The van der Waals surface area contributed by atoms with Crippen LogP contribution in [0.25, 0.3) is 0 Å². The number of pyridine rings is 1. The van der Waals surface area contributed by atoms with E-state index in [1.54, 1.807) is 10.9 Å². The summed E-state index contributed by atoms with van der Waals surface area (Å²) >= 11 is 0. The zero-order chi connectivity index (χ0) is 15.7. The summed E-state index contributed by atoms with van der Waals surface area (Å²) in [5.74, 6) is 1.02. The maximum atomic E-state index is 12.7. The van der Waals surface area contributed by atoms with Gasteiger partial charge in [0.25, 0.3) is 0 Å². The van der Waals surface area contributed by atoms with Gasteiger partial charge in [0.15, 0.2) is 0 Å². The molecule has 0 N–H and O–H groups in total. The highest BCUT2D eigenvalue weighted by molar-refractivity contribution is 5.98. The van der Waals surface area contributed by atoms with Gasteiger partial charge in [-0.15, -0.1) is 0 Å². The minimum atomic E-state index is -0.0876. The number of rotatable bonds is 4. The first-order chi connectivity index (χ1) is 10.6. The summed E-state index contributed by atoms with van der Waals surface area (Å²) in [5, 5.41) is 4.33. The number of aryl methyl sites for hydroxylation is 2. The molecule has 2 aromatic heterocycles. The molecule has 1 saturated heterocycles. The summed E-state index contributed by atoms with van der Waals surface area (Å²) in [7, 11) is 3.87. The lowest BCUT2D eigenvalue weighted by Gasteiger charge is -2.23. The fraction of sp³-hybridized carbons (Fsp3) is 0.438. The van der Waals surface area contributed by atoms with Gasteiger partial charge in [-0.3, -0.25) is 24.3 Å². The Bertz CT molecular complexity index is 666. The van der Waals surface area contributed by atoms with Crippen LogP contribution in [0.4, 0.5) is 5.82 Å². The summed E-state index contributed by atoms with van der Waals surface area (Å²) < 4.78 is 1.77. The predicted octanol–water partition coefficient (Wildman–Crippen LogP) is 1.36. The molecule has 1 atom stereocenters. The highest BCUT2D eigenvalue weighted by Gasteiger charge is 2.36. The van der Waals surface area contributed by atoms with E-state index >= 15 is 0 Å². The third-order valence-electron chi connectivity index (χ3n) is 4.12. The normalized spacial score (nSPS) is 18.5. The van der Waals surface area contributed by atoms with Gasteiger partial charge in [-0.05, 0) is 32.0 Å². The van der Waals surface area contributed by atoms with E-state index in [0.717, 1.165) is 36.6 Å². The second-order valence-electron chi connectivity index (χ2n) is 5.84. The van der Waals surface area contributed by atoms with Crippen LogP contribution in [0.3, 0.4) is 0 Å². The molecule has 1 aliphatic rings. The molecule has 6 heteroatoms. The van der Waals surface area contributed by atoms with Gasteiger partial charge in [0, 0.05) is 38.6 Å². The largest absolute Gasteiger partial charge is 0.296 e. The average molecular weight is 299 g/mol. The number of amides is 1. The van der Waals surface area contributed by atoms with E-state index in [4.69, 9.17) is 0 Å². The molecule has 0 saturated carbocycles. The lowest BCUT2D eigenvalue weighted by molar-refractivity contribution is -0.121. The molecule has 0 bridgehead atoms. The van der Waals surface area contributed by atoms with Crippen molar-refractivity contribution in [3.63, 3.8) is 0 Å². The zero-order valence-electron chi connectivity index (χ0n) is 13.2.